The van der Waals surface area contributed by atoms with Crippen LogP contribution in [-0.2, 0) is 14.8 Å². The molecular formula is C19H18Cl2N2O5S. The number of halogens is 2. The third-order valence-electron chi connectivity index (χ3n) is 4.47. The number of nitrogens with one attached hydrogen (secondary N) is 1. The van der Waals surface area contributed by atoms with Crippen molar-refractivity contribution in [1.82, 2.24) is 0 Å². The molecule has 1 aliphatic rings. The van der Waals surface area contributed by atoms with Gasteiger partial charge in [0.05, 0.1) is 45.4 Å². The number of esters is 1. The fourth-order valence-corrected chi connectivity index (χ4v) is 5.03. The SMILES string of the molecule is COC(=O)c1ccc(Cl)c(NC(=O)c2ccc(N3CCCCS3(=O)=O)cc2Cl)c1. The second kappa shape index (κ2) is 8.61. The second-order valence-corrected chi connectivity index (χ2v) is 9.23. The maximum Gasteiger partial charge on any atom is 0.337 e. The molecular weight excluding hydrogens is 439 g/mol. The van der Waals surface area contributed by atoms with Gasteiger partial charge >= 0.3 is 5.97 Å². The zero-order valence-corrected chi connectivity index (χ0v) is 17.8. The van der Waals surface area contributed by atoms with E-state index in [0.29, 0.717) is 18.7 Å². The Balaban J connectivity index is 1.85. The largest absolute Gasteiger partial charge is 0.465 e. The van der Waals surface area contributed by atoms with Gasteiger partial charge in [-0.15, -0.1) is 0 Å². The molecule has 1 amide bonds. The summed E-state index contributed by atoms with van der Waals surface area (Å²) in [5.74, 6) is -1.03. The number of rotatable bonds is 4. The molecule has 0 spiro atoms. The van der Waals surface area contributed by atoms with Gasteiger partial charge in [-0.1, -0.05) is 23.2 Å². The summed E-state index contributed by atoms with van der Waals surface area (Å²) >= 11 is 12.4. The second-order valence-electron chi connectivity index (χ2n) is 6.40. The zero-order chi connectivity index (χ0) is 21.2. The number of carbonyl (C=O) groups is 2. The third-order valence-corrected chi connectivity index (χ3v) is 6.98. The van der Waals surface area contributed by atoms with Crippen molar-refractivity contribution >= 4 is 56.5 Å². The lowest BCUT2D eigenvalue weighted by molar-refractivity contribution is 0.0600. The Morgan fingerprint density at radius 2 is 1.83 bits per heavy atom. The number of sulfonamides is 1. The molecule has 1 N–H and O–H groups in total. The molecule has 1 aliphatic heterocycles. The van der Waals surface area contributed by atoms with Gasteiger partial charge in [0.1, 0.15) is 0 Å². The van der Waals surface area contributed by atoms with Crippen molar-refractivity contribution in [1.29, 1.82) is 0 Å². The van der Waals surface area contributed by atoms with Crippen LogP contribution in [0.3, 0.4) is 0 Å². The van der Waals surface area contributed by atoms with Crippen LogP contribution in [0.2, 0.25) is 10.0 Å². The predicted octanol–water partition coefficient (Wildman–Crippen LogP) is 3.96. The summed E-state index contributed by atoms with van der Waals surface area (Å²) in [5, 5.41) is 2.94. The summed E-state index contributed by atoms with van der Waals surface area (Å²) in [5.41, 5.74) is 1.00. The van der Waals surface area contributed by atoms with Gasteiger partial charge in [0.15, 0.2) is 0 Å². The lowest BCUT2D eigenvalue weighted by atomic mass is 10.1. The van der Waals surface area contributed by atoms with Gasteiger partial charge in [0.25, 0.3) is 5.91 Å². The zero-order valence-electron chi connectivity index (χ0n) is 15.4. The van der Waals surface area contributed by atoms with Crippen LogP contribution in [-0.4, -0.2) is 39.7 Å². The van der Waals surface area contributed by atoms with Crippen LogP contribution >= 0.6 is 23.2 Å². The Hall–Kier alpha value is -2.29. The van der Waals surface area contributed by atoms with Crippen LogP contribution in [0.4, 0.5) is 11.4 Å². The summed E-state index contributed by atoms with van der Waals surface area (Å²) in [6, 6.07) is 8.78. The minimum absolute atomic E-state index is 0.0852. The first kappa shape index (κ1) is 21.4. The summed E-state index contributed by atoms with van der Waals surface area (Å²) in [6.45, 7) is 0.375. The highest BCUT2D eigenvalue weighted by Gasteiger charge is 2.27. The molecule has 1 saturated heterocycles. The fraction of sp³-hybridized carbons (Fsp3) is 0.263. The van der Waals surface area contributed by atoms with Gasteiger partial charge in [-0.25, -0.2) is 13.2 Å². The average molecular weight is 457 g/mol. The molecule has 154 valence electrons. The quantitative estimate of drug-likeness (QED) is 0.702. The lowest BCUT2D eigenvalue weighted by Crippen LogP contribution is -2.37. The van der Waals surface area contributed by atoms with Crippen molar-refractivity contribution < 1.29 is 22.7 Å². The number of nitrogens with zero attached hydrogens (tertiary/aromatic N) is 1. The number of ether oxygens (including phenoxy) is 1. The Kier molecular flexibility index (Phi) is 6.36. The monoisotopic (exact) mass is 456 g/mol. The van der Waals surface area contributed by atoms with Crippen LogP contribution in [0.25, 0.3) is 0 Å². The summed E-state index contributed by atoms with van der Waals surface area (Å²) in [7, 11) is -2.13. The third kappa shape index (κ3) is 4.66. The molecule has 1 fully saturated rings. The standard InChI is InChI=1S/C19H18Cl2N2O5S/c1-28-19(25)12-4-7-15(20)17(10-12)22-18(24)14-6-5-13(11-16(14)21)23-8-2-3-9-29(23,26)27/h4-7,10-11H,2-3,8-9H2,1H3,(H,22,24). The highest BCUT2D eigenvalue weighted by molar-refractivity contribution is 7.92. The smallest absolute Gasteiger partial charge is 0.337 e. The van der Waals surface area contributed by atoms with E-state index < -0.39 is 21.9 Å². The van der Waals surface area contributed by atoms with E-state index in [-0.39, 0.29) is 32.6 Å². The van der Waals surface area contributed by atoms with Gasteiger partial charge in [-0.05, 0) is 49.2 Å². The van der Waals surface area contributed by atoms with Gasteiger partial charge in [0.2, 0.25) is 10.0 Å². The molecule has 2 aromatic rings. The lowest BCUT2D eigenvalue weighted by Gasteiger charge is -2.28. The molecule has 0 atom stereocenters. The molecule has 10 heteroatoms. The number of amides is 1. The maximum absolute atomic E-state index is 12.7. The van der Waals surface area contributed by atoms with Crippen LogP contribution in [0.5, 0.6) is 0 Å². The van der Waals surface area contributed by atoms with E-state index in [9.17, 15) is 18.0 Å². The topological polar surface area (TPSA) is 92.8 Å². The van der Waals surface area contributed by atoms with Crippen molar-refractivity contribution in [2.24, 2.45) is 0 Å². The molecule has 0 aliphatic carbocycles. The summed E-state index contributed by atoms with van der Waals surface area (Å²) in [6.07, 6.45) is 1.38. The molecule has 7 nitrogen and oxygen atoms in total. The van der Waals surface area contributed by atoms with Crippen LogP contribution in [0.15, 0.2) is 36.4 Å². The van der Waals surface area contributed by atoms with Crippen molar-refractivity contribution in [2.75, 3.05) is 29.0 Å². The number of hydrogen-bond acceptors (Lipinski definition) is 5. The van der Waals surface area contributed by atoms with E-state index in [0.717, 1.165) is 6.42 Å². The van der Waals surface area contributed by atoms with Crippen LogP contribution in [0, 0.1) is 0 Å². The van der Waals surface area contributed by atoms with E-state index in [2.05, 4.69) is 10.1 Å². The minimum atomic E-state index is -3.38. The Morgan fingerprint density at radius 3 is 2.48 bits per heavy atom. The van der Waals surface area contributed by atoms with E-state index in [1.165, 1.54) is 47.8 Å². The van der Waals surface area contributed by atoms with Gasteiger partial charge in [-0.2, -0.15) is 0 Å². The first-order chi connectivity index (χ1) is 13.7. The van der Waals surface area contributed by atoms with Crippen molar-refractivity contribution in [2.45, 2.75) is 12.8 Å². The first-order valence-electron chi connectivity index (χ1n) is 8.72. The predicted molar refractivity (Wildman–Crippen MR) is 113 cm³/mol. The molecule has 0 aromatic heterocycles. The number of benzene rings is 2. The summed E-state index contributed by atoms with van der Waals surface area (Å²) in [4.78, 5) is 24.3. The molecule has 0 unspecified atom stereocenters. The van der Waals surface area contributed by atoms with Crippen molar-refractivity contribution in [3.63, 3.8) is 0 Å². The number of anilines is 2. The minimum Gasteiger partial charge on any atom is -0.465 e. The highest BCUT2D eigenvalue weighted by atomic mass is 35.5. The van der Waals surface area contributed by atoms with Gasteiger partial charge in [-0.3, -0.25) is 9.10 Å². The van der Waals surface area contributed by atoms with Crippen LogP contribution < -0.4 is 9.62 Å². The maximum atomic E-state index is 12.7. The molecule has 0 radical (unpaired) electrons. The van der Waals surface area contributed by atoms with Gasteiger partial charge < -0.3 is 10.1 Å². The highest BCUT2D eigenvalue weighted by Crippen LogP contribution is 2.30. The average Bonchev–Trinajstić information content (AvgIpc) is 2.68. The van der Waals surface area contributed by atoms with Crippen molar-refractivity contribution in [3.05, 3.63) is 57.6 Å². The van der Waals surface area contributed by atoms with E-state index in [4.69, 9.17) is 23.2 Å². The first-order valence-corrected chi connectivity index (χ1v) is 11.1. The Labute approximate surface area is 178 Å². The Bertz CT molecular complexity index is 1070. The van der Waals surface area contributed by atoms with Crippen LogP contribution in [0.1, 0.15) is 33.6 Å². The number of hydrogen-bond donors (Lipinski definition) is 1. The normalized spacial score (nSPS) is 15.6. The molecule has 0 bridgehead atoms. The molecule has 2 aromatic carbocycles. The van der Waals surface area contributed by atoms with E-state index >= 15 is 0 Å². The Morgan fingerprint density at radius 1 is 1.07 bits per heavy atom. The molecule has 29 heavy (non-hydrogen) atoms. The van der Waals surface area contributed by atoms with E-state index in [1.807, 2.05) is 0 Å². The van der Waals surface area contributed by atoms with E-state index in [1.54, 1.807) is 0 Å². The fourth-order valence-electron chi connectivity index (χ4n) is 2.98. The summed E-state index contributed by atoms with van der Waals surface area (Å²) < 4.78 is 30.5. The number of carbonyl (C=O) groups excluding carboxylic acids is 2. The molecule has 1 heterocycles. The molecule has 0 saturated carbocycles. The number of methoxy groups -OCH3 is 1. The van der Waals surface area contributed by atoms with Gasteiger partial charge in [0, 0.05) is 6.54 Å². The van der Waals surface area contributed by atoms with Crippen molar-refractivity contribution in [3.8, 4) is 0 Å². The molecule has 3 rings (SSSR count).